The summed E-state index contributed by atoms with van der Waals surface area (Å²) in [4.78, 5) is 49.1. The first-order valence-corrected chi connectivity index (χ1v) is 13.5. The Hall–Kier alpha value is -2.91. The van der Waals surface area contributed by atoms with Crippen molar-refractivity contribution in [3.63, 3.8) is 0 Å². The van der Waals surface area contributed by atoms with E-state index in [1.807, 2.05) is 30.3 Å². The number of fused-ring (bicyclic) bond motifs is 2. The van der Waals surface area contributed by atoms with Gasteiger partial charge in [-0.25, -0.2) is 14.8 Å². The van der Waals surface area contributed by atoms with Crippen LogP contribution in [0.2, 0.25) is 10.0 Å². The van der Waals surface area contributed by atoms with Gasteiger partial charge in [-0.15, -0.1) is 11.3 Å². The third-order valence-electron chi connectivity index (χ3n) is 7.15. The summed E-state index contributed by atoms with van der Waals surface area (Å²) in [6.45, 7) is 0. The number of carbonyl (C=O) groups is 3. The minimum absolute atomic E-state index is 0.310. The van der Waals surface area contributed by atoms with Crippen LogP contribution in [0.5, 0.6) is 0 Å². The first-order chi connectivity index (χ1) is 17.9. The number of hydrogen-bond donors (Lipinski definition) is 0. The molecule has 0 N–H and O–H groups in total. The molecule has 2 aliphatic heterocycles. The summed E-state index contributed by atoms with van der Waals surface area (Å²) in [6.07, 6.45) is 2.36. The van der Waals surface area contributed by atoms with Crippen LogP contribution in [-0.4, -0.2) is 31.0 Å². The zero-order valence-corrected chi connectivity index (χ0v) is 22.1. The van der Waals surface area contributed by atoms with Gasteiger partial charge in [0.1, 0.15) is 10.9 Å². The Balaban J connectivity index is 1.47. The number of hydroxylamine groups is 1. The predicted octanol–water partition coefficient (Wildman–Crippen LogP) is 5.77. The summed E-state index contributed by atoms with van der Waals surface area (Å²) in [5.41, 5.74) is 2.48. The highest BCUT2D eigenvalue weighted by Crippen LogP contribution is 2.51. The molecule has 3 aliphatic rings. The van der Waals surface area contributed by atoms with Gasteiger partial charge in [-0.05, 0) is 61.1 Å². The Kier molecular flexibility index (Phi) is 6.23. The van der Waals surface area contributed by atoms with Gasteiger partial charge in [0.05, 0.1) is 24.4 Å². The number of ether oxygens (including phenoxy) is 1. The Labute approximate surface area is 227 Å². The molecule has 3 atom stereocenters. The molecule has 2 fully saturated rings. The molecule has 7 nitrogen and oxygen atoms in total. The summed E-state index contributed by atoms with van der Waals surface area (Å²) in [5, 5.41) is 2.72. The van der Waals surface area contributed by atoms with Crippen molar-refractivity contribution >= 4 is 63.0 Å². The zero-order chi connectivity index (χ0) is 25.8. The number of carbonyl (C=O) groups excluding carboxylic acids is 3. The topological polar surface area (TPSA) is 76.2 Å². The number of halogens is 2. The molecule has 0 bridgehead atoms. The minimum atomic E-state index is -1.07. The molecule has 3 heterocycles. The van der Waals surface area contributed by atoms with Crippen LogP contribution in [-0.2, 0) is 32.0 Å². The number of thiophene rings is 1. The average Bonchev–Trinajstić information content (AvgIpc) is 3.54. The van der Waals surface area contributed by atoms with Gasteiger partial charge < -0.3 is 4.74 Å². The fourth-order valence-corrected chi connectivity index (χ4v) is 7.40. The number of methoxy groups -OCH3 is 1. The second kappa shape index (κ2) is 9.44. The van der Waals surface area contributed by atoms with E-state index in [0.717, 1.165) is 34.6 Å². The molecular weight excluding hydrogens is 535 g/mol. The minimum Gasteiger partial charge on any atom is -0.465 e. The maximum absolute atomic E-state index is 14.1. The zero-order valence-electron chi connectivity index (χ0n) is 19.8. The van der Waals surface area contributed by atoms with E-state index in [1.54, 1.807) is 23.3 Å². The Morgan fingerprint density at radius 3 is 2.54 bits per heavy atom. The molecule has 0 unspecified atom stereocenters. The van der Waals surface area contributed by atoms with Gasteiger partial charge in [0.25, 0.3) is 5.91 Å². The number of rotatable bonds is 4. The first kappa shape index (κ1) is 24.4. The second-order valence-electron chi connectivity index (χ2n) is 9.22. The lowest BCUT2D eigenvalue weighted by Crippen LogP contribution is -2.37. The van der Waals surface area contributed by atoms with Gasteiger partial charge in [-0.2, -0.15) is 0 Å². The van der Waals surface area contributed by atoms with E-state index in [0.29, 0.717) is 38.3 Å². The highest BCUT2D eigenvalue weighted by molar-refractivity contribution is 7.17. The summed E-state index contributed by atoms with van der Waals surface area (Å²) < 4.78 is 5.07. The molecule has 10 heteroatoms. The largest absolute Gasteiger partial charge is 0.465 e. The van der Waals surface area contributed by atoms with Crippen molar-refractivity contribution in [2.45, 2.75) is 37.8 Å². The lowest BCUT2D eigenvalue weighted by molar-refractivity contribution is -0.126. The third-order valence-corrected chi connectivity index (χ3v) is 8.99. The van der Waals surface area contributed by atoms with Crippen LogP contribution in [0.1, 0.15) is 45.2 Å². The van der Waals surface area contributed by atoms with Crippen molar-refractivity contribution in [3.8, 4) is 0 Å². The quantitative estimate of drug-likeness (QED) is 0.300. The van der Waals surface area contributed by atoms with E-state index in [1.165, 1.54) is 18.4 Å². The van der Waals surface area contributed by atoms with Crippen LogP contribution in [0.4, 0.5) is 10.7 Å². The molecular formula is C27H22Cl2N2O5S. The SMILES string of the molecule is COC(=O)c1c(N2C(=O)[C@H]3[C@@H](ON(c4ccccc4)[C@H]3c3ccc(Cl)cc3Cl)C2=O)sc2c1CCCC2. The summed E-state index contributed by atoms with van der Waals surface area (Å²) in [5.74, 6) is -2.37. The number of hydrogen-bond acceptors (Lipinski definition) is 7. The van der Waals surface area contributed by atoms with E-state index >= 15 is 0 Å². The molecule has 3 aromatic rings. The van der Waals surface area contributed by atoms with Crippen molar-refractivity contribution in [3.05, 3.63) is 80.1 Å². The van der Waals surface area contributed by atoms with Gasteiger partial charge in [-0.3, -0.25) is 14.4 Å². The van der Waals surface area contributed by atoms with Gasteiger partial charge in [0.15, 0.2) is 6.10 Å². The highest BCUT2D eigenvalue weighted by Gasteiger charge is 2.61. The van der Waals surface area contributed by atoms with Crippen LogP contribution in [0.3, 0.4) is 0 Å². The molecule has 2 amide bonds. The molecule has 0 radical (unpaired) electrons. The number of esters is 1. The van der Waals surface area contributed by atoms with E-state index in [-0.39, 0.29) is 0 Å². The van der Waals surface area contributed by atoms with Gasteiger partial charge in [0, 0.05) is 14.9 Å². The van der Waals surface area contributed by atoms with Crippen molar-refractivity contribution in [2.75, 3.05) is 17.1 Å². The van der Waals surface area contributed by atoms with E-state index in [4.69, 9.17) is 32.8 Å². The number of nitrogens with zero attached hydrogens (tertiary/aromatic N) is 2. The molecule has 1 aliphatic carbocycles. The van der Waals surface area contributed by atoms with E-state index in [9.17, 15) is 14.4 Å². The third kappa shape index (κ3) is 3.85. The maximum atomic E-state index is 14.1. The molecule has 6 rings (SSSR count). The molecule has 0 saturated carbocycles. The predicted molar refractivity (Wildman–Crippen MR) is 141 cm³/mol. The Morgan fingerprint density at radius 2 is 1.81 bits per heavy atom. The lowest BCUT2D eigenvalue weighted by atomic mass is 9.90. The summed E-state index contributed by atoms with van der Waals surface area (Å²) in [7, 11) is 1.31. The first-order valence-electron chi connectivity index (χ1n) is 12.0. The van der Waals surface area contributed by atoms with Crippen molar-refractivity contribution in [1.29, 1.82) is 0 Å². The van der Waals surface area contributed by atoms with Crippen LogP contribution >= 0.6 is 34.5 Å². The Morgan fingerprint density at radius 1 is 1.05 bits per heavy atom. The van der Waals surface area contributed by atoms with Crippen LogP contribution in [0.25, 0.3) is 0 Å². The number of aryl methyl sites for hydroxylation is 1. The van der Waals surface area contributed by atoms with Gasteiger partial charge in [0.2, 0.25) is 5.91 Å². The molecule has 1 aromatic heterocycles. The molecule has 2 aromatic carbocycles. The maximum Gasteiger partial charge on any atom is 0.341 e. The number of para-hydroxylation sites is 1. The number of amides is 2. The fourth-order valence-electron chi connectivity index (χ4n) is 5.49. The van der Waals surface area contributed by atoms with Crippen LogP contribution in [0, 0.1) is 5.92 Å². The number of benzene rings is 2. The van der Waals surface area contributed by atoms with Gasteiger partial charge in [-0.1, -0.05) is 47.5 Å². The molecule has 190 valence electrons. The van der Waals surface area contributed by atoms with Crippen molar-refractivity contribution in [1.82, 2.24) is 0 Å². The van der Waals surface area contributed by atoms with Gasteiger partial charge >= 0.3 is 5.97 Å². The average molecular weight is 557 g/mol. The number of imide groups is 1. The molecule has 0 spiro atoms. The lowest BCUT2D eigenvalue weighted by Gasteiger charge is -2.29. The summed E-state index contributed by atoms with van der Waals surface area (Å²) >= 11 is 14.1. The highest BCUT2D eigenvalue weighted by atomic mass is 35.5. The van der Waals surface area contributed by atoms with Crippen molar-refractivity contribution in [2.24, 2.45) is 5.92 Å². The van der Waals surface area contributed by atoms with Crippen molar-refractivity contribution < 1.29 is 24.0 Å². The molecule has 37 heavy (non-hydrogen) atoms. The standard InChI is InChI=1S/C27H22Cl2N2O5S/c1-35-27(34)20-17-9-5-6-10-19(17)37-26(20)30-24(32)21-22(16-12-11-14(28)13-18(16)29)31(36-23(21)25(30)33)15-7-3-2-4-8-15/h2-4,7-8,11-13,21-23H,5-6,9-10H2,1H3/t21-,22+,23-/m1/s1. The van der Waals surface area contributed by atoms with E-state index < -0.39 is 35.8 Å². The smallest absolute Gasteiger partial charge is 0.341 e. The number of anilines is 2. The molecule has 2 saturated heterocycles. The van der Waals surface area contributed by atoms with Crippen LogP contribution in [0.15, 0.2) is 48.5 Å². The Bertz CT molecular complexity index is 1430. The normalized spacial score (nSPS) is 22.8. The monoisotopic (exact) mass is 556 g/mol. The second-order valence-corrected chi connectivity index (χ2v) is 11.1. The fraction of sp³-hybridized carbons (Fsp3) is 0.296. The van der Waals surface area contributed by atoms with E-state index in [2.05, 4.69) is 0 Å². The summed E-state index contributed by atoms with van der Waals surface area (Å²) in [6, 6.07) is 13.6. The van der Waals surface area contributed by atoms with Crippen LogP contribution < -0.4 is 9.96 Å².